The first kappa shape index (κ1) is 11.1. The Labute approximate surface area is 91.5 Å². The third kappa shape index (κ3) is 2.23. The van der Waals surface area contributed by atoms with Crippen molar-refractivity contribution in [2.45, 2.75) is 39.2 Å². The lowest BCUT2D eigenvalue weighted by molar-refractivity contribution is -0.127. The molecule has 0 bridgehead atoms. The third-order valence-corrected chi connectivity index (χ3v) is 3.88. The van der Waals surface area contributed by atoms with Gasteiger partial charge in [-0.3, -0.25) is 9.69 Å². The van der Waals surface area contributed by atoms with E-state index in [0.29, 0.717) is 5.78 Å². The van der Waals surface area contributed by atoms with Crippen LogP contribution in [-0.2, 0) is 4.79 Å². The van der Waals surface area contributed by atoms with Gasteiger partial charge in [0.05, 0.1) is 6.10 Å². The highest BCUT2D eigenvalue weighted by Crippen LogP contribution is 2.38. The summed E-state index contributed by atoms with van der Waals surface area (Å²) in [6, 6.07) is 0. The summed E-state index contributed by atoms with van der Waals surface area (Å²) in [7, 11) is 0. The van der Waals surface area contributed by atoms with Crippen LogP contribution in [0.1, 0.15) is 33.1 Å². The average Bonchev–Trinajstić information content (AvgIpc) is 2.66. The van der Waals surface area contributed by atoms with Crippen molar-refractivity contribution < 1.29 is 9.90 Å². The number of rotatable bonds is 2. The second-order valence-corrected chi connectivity index (χ2v) is 5.69. The maximum atomic E-state index is 12.0. The molecule has 1 saturated carbocycles. The van der Waals surface area contributed by atoms with E-state index in [-0.39, 0.29) is 17.4 Å². The van der Waals surface area contributed by atoms with Crippen molar-refractivity contribution in [2.75, 3.05) is 19.6 Å². The van der Waals surface area contributed by atoms with Crippen LogP contribution in [-0.4, -0.2) is 41.5 Å². The van der Waals surface area contributed by atoms with Gasteiger partial charge in [-0.2, -0.15) is 0 Å². The Balaban J connectivity index is 1.89. The van der Waals surface area contributed by atoms with Crippen LogP contribution in [0, 0.1) is 11.3 Å². The molecule has 1 heterocycles. The van der Waals surface area contributed by atoms with E-state index >= 15 is 0 Å². The Morgan fingerprint density at radius 2 is 2.20 bits per heavy atom. The Kier molecular flexibility index (Phi) is 2.86. The number of carbonyl (C=O) groups excluding carboxylic acids is 1. The van der Waals surface area contributed by atoms with E-state index in [1.165, 1.54) is 0 Å². The largest absolute Gasteiger partial charge is 0.392 e. The zero-order chi connectivity index (χ0) is 11.1. The minimum atomic E-state index is -0.172. The Morgan fingerprint density at radius 1 is 1.47 bits per heavy atom. The second-order valence-electron chi connectivity index (χ2n) is 5.69. The number of carbonyl (C=O) groups is 1. The molecular weight excluding hydrogens is 190 g/mol. The molecule has 15 heavy (non-hydrogen) atoms. The van der Waals surface area contributed by atoms with E-state index < -0.39 is 0 Å². The lowest BCUT2D eigenvalue weighted by Gasteiger charge is -2.20. The number of hydrogen-bond donors (Lipinski definition) is 1. The summed E-state index contributed by atoms with van der Waals surface area (Å²) >= 11 is 0. The first-order chi connectivity index (χ1) is 6.99. The van der Waals surface area contributed by atoms with Gasteiger partial charge in [-0.1, -0.05) is 13.8 Å². The Bertz CT molecular complexity index is 262. The van der Waals surface area contributed by atoms with Crippen molar-refractivity contribution in [1.82, 2.24) is 4.90 Å². The van der Waals surface area contributed by atoms with Crippen LogP contribution in [0.4, 0.5) is 0 Å². The molecule has 2 aliphatic rings. The topological polar surface area (TPSA) is 40.5 Å². The summed E-state index contributed by atoms with van der Waals surface area (Å²) in [5.41, 5.74) is -0.108. The van der Waals surface area contributed by atoms with Crippen molar-refractivity contribution in [2.24, 2.45) is 11.3 Å². The average molecular weight is 211 g/mol. The smallest absolute Gasteiger partial charge is 0.142 e. The lowest BCUT2D eigenvalue weighted by Crippen LogP contribution is -2.32. The fourth-order valence-electron chi connectivity index (χ4n) is 2.81. The van der Waals surface area contributed by atoms with Gasteiger partial charge in [0, 0.05) is 31.0 Å². The van der Waals surface area contributed by atoms with E-state index in [4.69, 9.17) is 0 Å². The highest BCUT2D eigenvalue weighted by Gasteiger charge is 2.41. The number of Topliss-reactive ketones (excluding diaryl/α,β-unsaturated/α-hetero) is 1. The zero-order valence-electron chi connectivity index (χ0n) is 9.70. The van der Waals surface area contributed by atoms with Crippen LogP contribution in [0.2, 0.25) is 0 Å². The molecule has 2 fully saturated rings. The minimum absolute atomic E-state index is 0.108. The first-order valence-corrected chi connectivity index (χ1v) is 5.94. The maximum Gasteiger partial charge on any atom is 0.142 e. The van der Waals surface area contributed by atoms with E-state index in [9.17, 15) is 9.90 Å². The molecule has 2 rings (SSSR count). The summed E-state index contributed by atoms with van der Waals surface area (Å²) in [6.07, 6.45) is 2.74. The number of ketones is 1. The normalized spacial score (nSPS) is 36.3. The fourth-order valence-corrected chi connectivity index (χ4v) is 2.81. The van der Waals surface area contributed by atoms with Crippen LogP contribution in [0.15, 0.2) is 0 Å². The quantitative estimate of drug-likeness (QED) is 0.742. The van der Waals surface area contributed by atoms with E-state index in [0.717, 1.165) is 38.9 Å². The molecule has 2 unspecified atom stereocenters. The summed E-state index contributed by atoms with van der Waals surface area (Å²) in [5, 5.41) is 9.42. The van der Waals surface area contributed by atoms with Gasteiger partial charge in [-0.05, 0) is 19.3 Å². The molecular formula is C12H21NO2. The van der Waals surface area contributed by atoms with Crippen molar-refractivity contribution in [3.63, 3.8) is 0 Å². The van der Waals surface area contributed by atoms with Gasteiger partial charge in [0.25, 0.3) is 0 Å². The molecule has 0 aromatic carbocycles. The molecule has 2 atom stereocenters. The number of nitrogens with zero attached hydrogens (tertiary/aromatic N) is 1. The Morgan fingerprint density at radius 3 is 2.67 bits per heavy atom. The maximum absolute atomic E-state index is 12.0. The van der Waals surface area contributed by atoms with Crippen molar-refractivity contribution in [3.8, 4) is 0 Å². The summed E-state index contributed by atoms with van der Waals surface area (Å²) in [6.45, 7) is 6.66. The molecule has 0 amide bonds. The summed E-state index contributed by atoms with van der Waals surface area (Å²) in [5.74, 6) is 0.634. The molecule has 86 valence electrons. The molecule has 1 aliphatic heterocycles. The van der Waals surface area contributed by atoms with Crippen LogP contribution in [0.3, 0.4) is 0 Å². The van der Waals surface area contributed by atoms with Gasteiger partial charge >= 0.3 is 0 Å². The number of hydrogen-bond acceptors (Lipinski definition) is 3. The van der Waals surface area contributed by atoms with E-state index in [1.54, 1.807) is 0 Å². The first-order valence-electron chi connectivity index (χ1n) is 5.94. The lowest BCUT2D eigenvalue weighted by atomic mass is 9.89. The SMILES string of the molecule is CC1(C)CCC(CN2CCC(O)C2)C1=O. The van der Waals surface area contributed by atoms with Crippen LogP contribution < -0.4 is 0 Å². The molecule has 3 nitrogen and oxygen atoms in total. The number of β-amino-alcohol motifs (C(OH)–C–C–N with tert-alkyl or cyclic N) is 1. The van der Waals surface area contributed by atoms with Gasteiger partial charge in [0.15, 0.2) is 0 Å². The van der Waals surface area contributed by atoms with Crippen molar-refractivity contribution >= 4 is 5.78 Å². The molecule has 0 radical (unpaired) electrons. The minimum Gasteiger partial charge on any atom is -0.392 e. The third-order valence-electron chi connectivity index (χ3n) is 3.88. The van der Waals surface area contributed by atoms with Crippen molar-refractivity contribution in [1.29, 1.82) is 0 Å². The Hall–Kier alpha value is -0.410. The van der Waals surface area contributed by atoms with Gasteiger partial charge < -0.3 is 5.11 Å². The summed E-state index contributed by atoms with van der Waals surface area (Å²) in [4.78, 5) is 14.2. The van der Waals surface area contributed by atoms with Gasteiger partial charge in [0.2, 0.25) is 0 Å². The zero-order valence-corrected chi connectivity index (χ0v) is 9.70. The molecule has 0 aromatic rings. The second kappa shape index (κ2) is 3.87. The number of likely N-dealkylation sites (tertiary alicyclic amines) is 1. The van der Waals surface area contributed by atoms with Gasteiger partial charge in [0.1, 0.15) is 5.78 Å². The highest BCUT2D eigenvalue weighted by molar-refractivity contribution is 5.88. The number of aliphatic hydroxyl groups is 1. The van der Waals surface area contributed by atoms with Gasteiger partial charge in [-0.25, -0.2) is 0 Å². The van der Waals surface area contributed by atoms with Crippen LogP contribution in [0.5, 0.6) is 0 Å². The molecule has 0 aromatic heterocycles. The molecule has 1 saturated heterocycles. The van der Waals surface area contributed by atoms with Crippen molar-refractivity contribution in [3.05, 3.63) is 0 Å². The van der Waals surface area contributed by atoms with E-state index in [1.807, 2.05) is 13.8 Å². The predicted octanol–water partition coefficient (Wildman–Crippen LogP) is 1.06. The highest BCUT2D eigenvalue weighted by atomic mass is 16.3. The summed E-state index contributed by atoms with van der Waals surface area (Å²) < 4.78 is 0. The number of aliphatic hydroxyl groups excluding tert-OH is 1. The molecule has 1 aliphatic carbocycles. The van der Waals surface area contributed by atoms with E-state index in [2.05, 4.69) is 4.90 Å². The monoisotopic (exact) mass is 211 g/mol. The molecule has 0 spiro atoms. The van der Waals surface area contributed by atoms with Crippen LogP contribution >= 0.6 is 0 Å². The molecule has 3 heteroatoms. The fraction of sp³-hybridized carbons (Fsp3) is 0.917. The molecule has 1 N–H and O–H groups in total. The van der Waals surface area contributed by atoms with Crippen LogP contribution in [0.25, 0.3) is 0 Å². The predicted molar refractivity (Wildman–Crippen MR) is 58.6 cm³/mol. The standard InChI is InChI=1S/C12H21NO2/c1-12(2)5-3-9(11(12)15)7-13-6-4-10(14)8-13/h9-10,14H,3-8H2,1-2H3. The van der Waals surface area contributed by atoms with Gasteiger partial charge in [-0.15, -0.1) is 0 Å².